The largest absolute Gasteiger partial charge is 0.344 e. The summed E-state index contributed by atoms with van der Waals surface area (Å²) >= 11 is 25.6. The van der Waals surface area contributed by atoms with Crippen molar-refractivity contribution >= 4 is 63.9 Å². The molecule has 0 bridgehead atoms. The summed E-state index contributed by atoms with van der Waals surface area (Å²) in [6.07, 6.45) is 9.75. The number of ketones is 2. The Kier molecular flexibility index (Phi) is 12.7. The van der Waals surface area contributed by atoms with Crippen LogP contribution in [0.15, 0.2) is 61.2 Å². The molecule has 3 N–H and O–H groups in total. The van der Waals surface area contributed by atoms with Gasteiger partial charge >= 0.3 is 6.43 Å². The lowest BCUT2D eigenvalue weighted by atomic mass is 9.62. The van der Waals surface area contributed by atoms with Crippen molar-refractivity contribution in [3.63, 3.8) is 0 Å². The third kappa shape index (κ3) is 8.89. The van der Waals surface area contributed by atoms with E-state index in [9.17, 15) is 23.2 Å². The second-order valence-electron chi connectivity index (χ2n) is 12.7. The molecule has 0 spiro atoms. The second kappa shape index (κ2) is 16.8. The average molecular weight is 779 g/mol. The van der Waals surface area contributed by atoms with Crippen LogP contribution < -0.4 is 11.1 Å². The number of hydrogen-bond donors (Lipinski definition) is 2. The molecular weight excluding hydrogens is 744 g/mol. The molecule has 0 aliphatic heterocycles. The summed E-state index contributed by atoms with van der Waals surface area (Å²) in [7, 11) is 0. The zero-order valence-corrected chi connectivity index (χ0v) is 30.3. The standard InChI is InChI=1S/C19H17Cl2F2N3O2.C17H17Cl2N3O/c20-12-3-1-4-13(21)16(12)19(5-2-6-19)7-15-24-8-11(9-25-15)14(27)10-26-18(28)17(22)23;18-12-3-1-4-13(19)16(12)17(5-2-6-17)7-15-21-9-11(10-22-15)14(23)8-20/h1,3-4,8-9,17H,2,5-7,10H2,(H,26,28);1,3-4,9-10H,2,5-8,20H2. The molecule has 0 saturated heterocycles. The SMILES string of the molecule is NCC(=O)c1cnc(CC2(c3c(Cl)cccc3Cl)CCC2)nc1.O=C(CNC(=O)C(F)F)c1cnc(CC2(c3c(Cl)cccc3Cl)CCC2)nc1. The molecule has 2 aromatic heterocycles. The van der Waals surface area contributed by atoms with Gasteiger partial charge in [-0.3, -0.25) is 14.4 Å². The molecular formula is C36H34Cl4F2N6O3. The quantitative estimate of drug-likeness (QED) is 0.140. The van der Waals surface area contributed by atoms with E-state index in [1.165, 1.54) is 24.8 Å². The number of carbonyl (C=O) groups excluding carboxylic acids is 3. The number of nitrogens with one attached hydrogen (secondary N) is 1. The normalized spacial score (nSPS) is 15.5. The van der Waals surface area contributed by atoms with Crippen molar-refractivity contribution in [1.82, 2.24) is 25.3 Å². The van der Waals surface area contributed by atoms with Gasteiger partial charge in [0, 0.05) is 68.5 Å². The van der Waals surface area contributed by atoms with Gasteiger partial charge in [-0.1, -0.05) is 71.4 Å². The Labute approximate surface area is 313 Å². The van der Waals surface area contributed by atoms with Crippen LogP contribution in [0, 0.1) is 0 Å². The summed E-state index contributed by atoms with van der Waals surface area (Å²) in [5, 5.41) is 4.45. The third-order valence-electron chi connectivity index (χ3n) is 9.46. The maximum absolute atomic E-state index is 12.2. The van der Waals surface area contributed by atoms with Crippen LogP contribution in [-0.4, -0.2) is 56.9 Å². The lowest BCUT2D eigenvalue weighted by Crippen LogP contribution is -2.38. The summed E-state index contributed by atoms with van der Waals surface area (Å²) in [4.78, 5) is 51.5. The Balaban J connectivity index is 0.000000201. The second-order valence-corrected chi connectivity index (χ2v) is 14.3. The summed E-state index contributed by atoms with van der Waals surface area (Å²) in [5.74, 6) is -0.982. The molecule has 2 heterocycles. The first-order valence-corrected chi connectivity index (χ1v) is 17.7. The van der Waals surface area contributed by atoms with Gasteiger partial charge in [0.2, 0.25) is 0 Å². The summed E-state index contributed by atoms with van der Waals surface area (Å²) in [6, 6.07) is 11.0. The number of Topliss-reactive ketones (excluding diaryl/α,β-unsaturated/α-hetero) is 2. The first-order valence-electron chi connectivity index (χ1n) is 16.2. The van der Waals surface area contributed by atoms with E-state index in [0.29, 0.717) is 50.1 Å². The highest BCUT2D eigenvalue weighted by Gasteiger charge is 2.43. The van der Waals surface area contributed by atoms with Crippen molar-refractivity contribution in [3.05, 3.63) is 115 Å². The van der Waals surface area contributed by atoms with Crippen molar-refractivity contribution in [2.24, 2.45) is 5.73 Å². The predicted molar refractivity (Wildman–Crippen MR) is 192 cm³/mol. The molecule has 15 heteroatoms. The lowest BCUT2D eigenvalue weighted by Gasteiger charge is -2.43. The molecule has 2 saturated carbocycles. The summed E-state index contributed by atoms with van der Waals surface area (Å²) in [5.41, 5.74) is 7.44. The van der Waals surface area contributed by atoms with E-state index >= 15 is 0 Å². The Morgan fingerprint density at radius 3 is 1.37 bits per heavy atom. The monoisotopic (exact) mass is 776 g/mol. The van der Waals surface area contributed by atoms with Crippen molar-refractivity contribution < 1.29 is 23.2 Å². The number of amides is 1. The number of carbonyl (C=O) groups is 3. The molecule has 6 rings (SSSR count). The van der Waals surface area contributed by atoms with Gasteiger partial charge in [-0.05, 0) is 61.1 Å². The minimum absolute atomic E-state index is 0.0398. The van der Waals surface area contributed by atoms with E-state index in [2.05, 4.69) is 19.9 Å². The first kappa shape index (κ1) is 38.6. The lowest BCUT2D eigenvalue weighted by molar-refractivity contribution is -0.131. The number of aromatic nitrogens is 4. The maximum Gasteiger partial charge on any atom is 0.315 e. The fourth-order valence-electron chi connectivity index (χ4n) is 6.50. The molecule has 9 nitrogen and oxygen atoms in total. The van der Waals surface area contributed by atoms with Crippen LogP contribution in [0.25, 0.3) is 0 Å². The molecule has 268 valence electrons. The first-order chi connectivity index (χ1) is 24.4. The molecule has 1 amide bonds. The van der Waals surface area contributed by atoms with E-state index in [-0.39, 0.29) is 28.7 Å². The van der Waals surface area contributed by atoms with E-state index < -0.39 is 24.7 Å². The highest BCUT2D eigenvalue weighted by molar-refractivity contribution is 6.36. The molecule has 0 unspecified atom stereocenters. The van der Waals surface area contributed by atoms with Crippen LogP contribution in [-0.2, 0) is 28.5 Å². The average Bonchev–Trinajstić information content (AvgIpc) is 3.08. The Morgan fingerprint density at radius 2 is 1.06 bits per heavy atom. The van der Waals surface area contributed by atoms with Crippen LogP contribution in [0.3, 0.4) is 0 Å². The topological polar surface area (TPSA) is 141 Å². The maximum atomic E-state index is 12.2. The highest BCUT2D eigenvalue weighted by Crippen LogP contribution is 2.51. The van der Waals surface area contributed by atoms with Crippen LogP contribution in [0.1, 0.15) is 82.0 Å². The Morgan fingerprint density at radius 1 is 0.686 bits per heavy atom. The zero-order chi connectivity index (χ0) is 36.8. The van der Waals surface area contributed by atoms with Crippen molar-refractivity contribution in [2.75, 3.05) is 13.1 Å². The minimum atomic E-state index is -3.17. The van der Waals surface area contributed by atoms with Crippen LogP contribution in [0.4, 0.5) is 8.78 Å². The highest BCUT2D eigenvalue weighted by atomic mass is 35.5. The summed E-state index contributed by atoms with van der Waals surface area (Å²) in [6.45, 7) is -0.576. The molecule has 0 atom stereocenters. The number of halogens is 6. The molecule has 51 heavy (non-hydrogen) atoms. The van der Waals surface area contributed by atoms with Gasteiger partial charge in [-0.2, -0.15) is 8.78 Å². The number of nitrogens with zero attached hydrogens (tertiary/aromatic N) is 4. The van der Waals surface area contributed by atoms with E-state index in [1.807, 2.05) is 23.5 Å². The predicted octanol–water partition coefficient (Wildman–Crippen LogP) is 7.60. The zero-order valence-electron chi connectivity index (χ0n) is 27.3. The molecule has 2 fully saturated rings. The Bertz CT molecular complexity index is 1850. The minimum Gasteiger partial charge on any atom is -0.344 e. The van der Waals surface area contributed by atoms with Crippen LogP contribution in [0.2, 0.25) is 20.1 Å². The van der Waals surface area contributed by atoms with E-state index in [4.69, 9.17) is 52.1 Å². The number of nitrogens with two attached hydrogens (primary N) is 1. The smallest absolute Gasteiger partial charge is 0.315 e. The number of alkyl halides is 2. The van der Waals surface area contributed by atoms with Gasteiger partial charge in [-0.15, -0.1) is 0 Å². The number of rotatable bonds is 12. The summed E-state index contributed by atoms with van der Waals surface area (Å²) < 4.78 is 24.3. The Hall–Kier alpha value is -3.61. The van der Waals surface area contributed by atoms with Gasteiger partial charge in [0.25, 0.3) is 5.91 Å². The molecule has 2 aromatic carbocycles. The van der Waals surface area contributed by atoms with Crippen molar-refractivity contribution in [1.29, 1.82) is 0 Å². The third-order valence-corrected chi connectivity index (χ3v) is 10.7. The molecule has 4 aromatic rings. The van der Waals surface area contributed by atoms with Crippen LogP contribution >= 0.6 is 46.4 Å². The van der Waals surface area contributed by atoms with Crippen LogP contribution in [0.5, 0.6) is 0 Å². The van der Waals surface area contributed by atoms with Gasteiger partial charge in [-0.25, -0.2) is 19.9 Å². The van der Waals surface area contributed by atoms with Gasteiger partial charge in [0.15, 0.2) is 11.6 Å². The van der Waals surface area contributed by atoms with E-state index in [0.717, 1.165) is 49.7 Å². The van der Waals surface area contributed by atoms with Gasteiger partial charge in [0.1, 0.15) is 11.6 Å². The van der Waals surface area contributed by atoms with Crippen molar-refractivity contribution in [2.45, 2.75) is 68.6 Å². The van der Waals surface area contributed by atoms with E-state index in [1.54, 1.807) is 18.2 Å². The van der Waals surface area contributed by atoms with Gasteiger partial charge < -0.3 is 11.1 Å². The number of hydrogen-bond acceptors (Lipinski definition) is 8. The molecule has 2 aliphatic rings. The number of benzene rings is 2. The van der Waals surface area contributed by atoms with Gasteiger partial charge in [0.05, 0.1) is 24.2 Å². The fourth-order valence-corrected chi connectivity index (χ4v) is 8.09. The molecule has 2 aliphatic carbocycles. The fraction of sp³-hybridized carbons (Fsp3) is 0.361. The molecule has 0 radical (unpaired) electrons. The van der Waals surface area contributed by atoms with Crippen molar-refractivity contribution in [3.8, 4) is 0 Å².